The lowest BCUT2D eigenvalue weighted by atomic mass is 10.1. The van der Waals surface area contributed by atoms with Crippen LogP contribution in [-0.4, -0.2) is 39.9 Å². The van der Waals surface area contributed by atoms with Gasteiger partial charge in [0.1, 0.15) is 16.6 Å². The van der Waals surface area contributed by atoms with E-state index < -0.39 is 58.2 Å². The number of hydrogen-bond acceptors (Lipinski definition) is 9. The Morgan fingerprint density at radius 3 is 1.27 bits per heavy atom. The maximum absolute atomic E-state index is 13.3. The van der Waals surface area contributed by atoms with Gasteiger partial charge in [-0.1, -0.05) is 0 Å². The second-order valence-electron chi connectivity index (χ2n) is 7.75. The lowest BCUT2D eigenvalue weighted by Crippen LogP contribution is -2.21. The molecule has 0 saturated carbocycles. The molecule has 5 aromatic rings. The van der Waals surface area contributed by atoms with Crippen molar-refractivity contribution in [2.75, 3.05) is 5.73 Å². The van der Waals surface area contributed by atoms with Crippen LogP contribution in [-0.2, 0) is 18.5 Å². The Morgan fingerprint density at radius 2 is 0.811 bits per heavy atom. The number of aryl methyl sites for hydroxylation is 2. The Hall–Kier alpha value is -4.25. The number of benzene rings is 1. The van der Waals surface area contributed by atoms with Gasteiger partial charge in [-0.2, -0.15) is 39.5 Å². The summed E-state index contributed by atoms with van der Waals surface area (Å²) in [5.74, 6) is 0. The molecule has 0 saturated heterocycles. The molecule has 1 aromatic carbocycles. The highest BCUT2D eigenvalue weighted by molar-refractivity contribution is 6.10. The van der Waals surface area contributed by atoms with Crippen LogP contribution in [0.5, 0.6) is 0 Å². The van der Waals surface area contributed by atoms with E-state index in [-0.39, 0.29) is 39.0 Å². The van der Waals surface area contributed by atoms with Gasteiger partial charge in [0.2, 0.25) is 0 Å². The summed E-state index contributed by atoms with van der Waals surface area (Å²) in [6.07, 6.45) is -15.9. The van der Waals surface area contributed by atoms with Crippen molar-refractivity contribution in [1.29, 1.82) is 0 Å². The monoisotopic (exact) mass is 533 g/mol. The number of nitrogens with two attached hydrogens (primary N) is 1. The number of alkyl halides is 9. The number of anilines is 1. The SMILES string of the molecule is Cc1nc2nc3c(N)c(C)c4nc5nc(C(F)(F)F)c(C(F)(F)F)nc5nc4c3nc2nc1C(F)(F)F. The quantitative estimate of drug-likeness (QED) is 0.130. The van der Waals surface area contributed by atoms with Crippen molar-refractivity contribution in [3.63, 3.8) is 0 Å². The van der Waals surface area contributed by atoms with Gasteiger partial charge in [-0.3, -0.25) is 0 Å². The summed E-state index contributed by atoms with van der Waals surface area (Å²) < 4.78 is 120. The zero-order valence-corrected chi connectivity index (χ0v) is 18.1. The lowest BCUT2D eigenvalue weighted by Gasteiger charge is -2.15. The molecule has 0 spiro atoms. The molecule has 0 aliphatic heterocycles. The maximum Gasteiger partial charge on any atom is 0.435 e. The standard InChI is InChI=1S/C19H8F9N9/c1-3-5(29)7-9(34-14-13(32-7)30-4(2)10(35-14)17(20,21)22)8-6(3)31-15-16(33-8)37-12(19(26,27)28)11(36-15)18(23,24)25/h29H2,1-2H3. The zero-order chi connectivity index (χ0) is 27.2. The van der Waals surface area contributed by atoms with Crippen LogP contribution in [0.3, 0.4) is 0 Å². The van der Waals surface area contributed by atoms with Gasteiger partial charge in [0.25, 0.3) is 0 Å². The number of halogens is 9. The first-order valence-electron chi connectivity index (χ1n) is 9.82. The van der Waals surface area contributed by atoms with Crippen LogP contribution in [0.2, 0.25) is 0 Å². The molecule has 0 atom stereocenters. The first-order chi connectivity index (χ1) is 17.0. The van der Waals surface area contributed by atoms with Crippen molar-refractivity contribution >= 4 is 50.3 Å². The van der Waals surface area contributed by atoms with Crippen LogP contribution >= 0.6 is 0 Å². The molecule has 4 aromatic heterocycles. The molecule has 0 fully saturated rings. The van der Waals surface area contributed by atoms with Crippen molar-refractivity contribution in [3.05, 3.63) is 28.3 Å². The van der Waals surface area contributed by atoms with Gasteiger partial charge in [0.05, 0.1) is 16.9 Å². The number of hydrogen-bond donors (Lipinski definition) is 1. The molecule has 0 aliphatic carbocycles. The van der Waals surface area contributed by atoms with E-state index in [9.17, 15) is 39.5 Å². The number of nitrogens with zero attached hydrogens (tertiary/aromatic N) is 8. The molecule has 2 N–H and O–H groups in total. The summed E-state index contributed by atoms with van der Waals surface area (Å²) in [5.41, 5.74) is -4.22. The first kappa shape index (κ1) is 24.4. The minimum absolute atomic E-state index is 0.0948. The highest BCUT2D eigenvalue weighted by Crippen LogP contribution is 2.39. The molecule has 0 unspecified atom stereocenters. The van der Waals surface area contributed by atoms with Gasteiger partial charge in [0, 0.05) is 5.56 Å². The fourth-order valence-corrected chi connectivity index (χ4v) is 3.60. The van der Waals surface area contributed by atoms with E-state index in [0.717, 1.165) is 6.92 Å². The molecule has 9 nitrogen and oxygen atoms in total. The Kier molecular flexibility index (Phi) is 4.88. The molecule has 0 aliphatic rings. The van der Waals surface area contributed by atoms with Crippen molar-refractivity contribution in [2.45, 2.75) is 32.4 Å². The smallest absolute Gasteiger partial charge is 0.397 e. The minimum Gasteiger partial charge on any atom is -0.397 e. The summed E-state index contributed by atoms with van der Waals surface area (Å²) in [6.45, 7) is 2.43. The van der Waals surface area contributed by atoms with E-state index >= 15 is 0 Å². The highest BCUT2D eigenvalue weighted by atomic mass is 19.4. The number of aromatic nitrogens is 8. The Bertz CT molecular complexity index is 1780. The number of fused-ring (bicyclic) bond motifs is 5. The molecule has 192 valence electrons. The van der Waals surface area contributed by atoms with E-state index in [2.05, 4.69) is 39.9 Å². The van der Waals surface area contributed by atoms with Crippen LogP contribution in [0.15, 0.2) is 0 Å². The fourth-order valence-electron chi connectivity index (χ4n) is 3.60. The summed E-state index contributed by atoms with van der Waals surface area (Å²) in [4.78, 5) is 29.0. The first-order valence-corrected chi connectivity index (χ1v) is 9.82. The predicted octanol–water partition coefficient (Wildman–Crippen LogP) is 4.71. The second kappa shape index (κ2) is 7.39. The van der Waals surface area contributed by atoms with E-state index in [1.165, 1.54) is 6.92 Å². The summed E-state index contributed by atoms with van der Waals surface area (Å²) in [7, 11) is 0. The molecule has 0 radical (unpaired) electrons. The van der Waals surface area contributed by atoms with Crippen LogP contribution < -0.4 is 5.73 Å². The van der Waals surface area contributed by atoms with Crippen LogP contribution in [0.1, 0.15) is 28.3 Å². The van der Waals surface area contributed by atoms with Gasteiger partial charge in [-0.05, 0) is 13.8 Å². The van der Waals surface area contributed by atoms with Gasteiger partial charge >= 0.3 is 18.5 Å². The molecule has 0 amide bonds. The van der Waals surface area contributed by atoms with E-state index in [4.69, 9.17) is 5.73 Å². The fraction of sp³-hybridized carbons (Fsp3) is 0.263. The number of rotatable bonds is 0. The van der Waals surface area contributed by atoms with Crippen molar-refractivity contribution in [2.24, 2.45) is 0 Å². The Labute approximate surface area is 197 Å². The average molecular weight is 533 g/mol. The Balaban J connectivity index is 1.93. The van der Waals surface area contributed by atoms with Crippen LogP contribution in [0.25, 0.3) is 44.7 Å². The topological polar surface area (TPSA) is 129 Å². The van der Waals surface area contributed by atoms with Gasteiger partial charge in [0.15, 0.2) is 39.7 Å². The summed E-state index contributed by atoms with van der Waals surface area (Å²) in [6, 6.07) is 0. The third kappa shape index (κ3) is 3.82. The van der Waals surface area contributed by atoms with E-state index in [0.29, 0.717) is 0 Å². The molecular weight excluding hydrogens is 525 g/mol. The number of nitrogen functional groups attached to an aromatic ring is 1. The summed E-state index contributed by atoms with van der Waals surface area (Å²) >= 11 is 0. The molecule has 18 heteroatoms. The third-order valence-corrected chi connectivity index (χ3v) is 5.26. The van der Waals surface area contributed by atoms with Crippen molar-refractivity contribution in [1.82, 2.24) is 39.9 Å². The van der Waals surface area contributed by atoms with Crippen LogP contribution in [0, 0.1) is 13.8 Å². The molecule has 37 heavy (non-hydrogen) atoms. The molecule has 0 bridgehead atoms. The minimum atomic E-state index is -5.54. The highest BCUT2D eigenvalue weighted by Gasteiger charge is 2.47. The van der Waals surface area contributed by atoms with E-state index in [1.807, 2.05) is 0 Å². The van der Waals surface area contributed by atoms with Gasteiger partial charge in [-0.15, -0.1) is 0 Å². The predicted molar refractivity (Wildman–Crippen MR) is 108 cm³/mol. The molecular formula is C19H8F9N9. The molecule has 4 heterocycles. The van der Waals surface area contributed by atoms with Crippen molar-refractivity contribution in [3.8, 4) is 0 Å². The normalized spacial score (nSPS) is 13.4. The van der Waals surface area contributed by atoms with E-state index in [1.54, 1.807) is 0 Å². The average Bonchev–Trinajstić information content (AvgIpc) is 2.77. The largest absolute Gasteiger partial charge is 0.435 e. The summed E-state index contributed by atoms with van der Waals surface area (Å²) in [5, 5.41) is 0. The Morgan fingerprint density at radius 1 is 0.459 bits per heavy atom. The van der Waals surface area contributed by atoms with Gasteiger partial charge < -0.3 is 5.73 Å². The lowest BCUT2D eigenvalue weighted by molar-refractivity contribution is -0.167. The second-order valence-corrected chi connectivity index (χ2v) is 7.75. The zero-order valence-electron chi connectivity index (χ0n) is 18.1. The van der Waals surface area contributed by atoms with Crippen molar-refractivity contribution < 1.29 is 39.5 Å². The van der Waals surface area contributed by atoms with Crippen LogP contribution in [0.4, 0.5) is 45.2 Å². The molecule has 5 rings (SSSR count). The third-order valence-electron chi connectivity index (χ3n) is 5.26. The van der Waals surface area contributed by atoms with Gasteiger partial charge in [-0.25, -0.2) is 39.9 Å². The maximum atomic E-state index is 13.3.